The SMILES string of the molecule is CP(C)(=O)OC(=O)C1CC2CC1C1C3C=CC(C3)C21. The molecule has 0 aromatic carbocycles. The van der Waals surface area contributed by atoms with Gasteiger partial charge in [0.05, 0.1) is 5.92 Å². The number of fused-ring (bicyclic) bond motifs is 9. The van der Waals surface area contributed by atoms with E-state index in [0.29, 0.717) is 23.7 Å². The van der Waals surface area contributed by atoms with Crippen molar-refractivity contribution in [2.45, 2.75) is 19.3 Å². The van der Waals surface area contributed by atoms with Crippen LogP contribution in [0.5, 0.6) is 0 Å². The quantitative estimate of drug-likeness (QED) is 0.443. The Hall–Kier alpha value is -0.560. The van der Waals surface area contributed by atoms with Crippen LogP contribution in [0.25, 0.3) is 0 Å². The molecular formula is C15H21O3P. The molecule has 0 amide bonds. The third kappa shape index (κ3) is 1.70. The van der Waals surface area contributed by atoms with E-state index in [2.05, 4.69) is 12.2 Å². The molecule has 0 spiro atoms. The van der Waals surface area contributed by atoms with Crippen molar-refractivity contribution in [3.05, 3.63) is 12.2 Å². The van der Waals surface area contributed by atoms with Crippen LogP contribution in [0.4, 0.5) is 0 Å². The zero-order chi connectivity index (χ0) is 13.4. The predicted molar refractivity (Wildman–Crippen MR) is 73.0 cm³/mol. The Morgan fingerprint density at radius 1 is 1.11 bits per heavy atom. The van der Waals surface area contributed by atoms with Crippen LogP contribution >= 0.6 is 7.37 Å². The first-order valence-electron chi connectivity index (χ1n) is 7.41. The molecule has 0 aromatic heterocycles. The summed E-state index contributed by atoms with van der Waals surface area (Å²) < 4.78 is 16.9. The van der Waals surface area contributed by atoms with Gasteiger partial charge in [0.2, 0.25) is 7.37 Å². The van der Waals surface area contributed by atoms with Crippen LogP contribution in [0.3, 0.4) is 0 Å². The molecule has 0 aliphatic heterocycles. The van der Waals surface area contributed by atoms with E-state index in [9.17, 15) is 9.36 Å². The molecule has 4 heteroatoms. The van der Waals surface area contributed by atoms with Crippen molar-refractivity contribution in [2.24, 2.45) is 41.4 Å². The number of allylic oxidation sites excluding steroid dienone is 2. The highest BCUT2D eigenvalue weighted by Crippen LogP contribution is 2.67. The summed E-state index contributed by atoms with van der Waals surface area (Å²) in [5.41, 5.74) is 0. The van der Waals surface area contributed by atoms with Crippen LogP contribution in [0.2, 0.25) is 0 Å². The third-order valence-electron chi connectivity index (χ3n) is 5.88. The van der Waals surface area contributed by atoms with E-state index < -0.39 is 7.37 Å². The number of carbonyl (C=O) groups excluding carboxylic acids is 1. The maximum atomic E-state index is 12.2. The third-order valence-corrected chi connectivity index (χ3v) is 6.50. The molecule has 4 rings (SSSR count). The molecule has 0 saturated heterocycles. The number of carbonyl (C=O) groups is 1. The van der Waals surface area contributed by atoms with E-state index in [-0.39, 0.29) is 11.9 Å². The van der Waals surface area contributed by atoms with Gasteiger partial charge in [0.1, 0.15) is 0 Å². The predicted octanol–water partition coefficient (Wildman–Crippen LogP) is 3.16. The largest absolute Gasteiger partial charge is 0.412 e. The lowest BCUT2D eigenvalue weighted by atomic mass is 9.69. The molecule has 3 nitrogen and oxygen atoms in total. The highest BCUT2D eigenvalue weighted by molar-refractivity contribution is 7.57. The Kier molecular flexibility index (Phi) is 2.41. The first-order valence-corrected chi connectivity index (χ1v) is 9.93. The van der Waals surface area contributed by atoms with Gasteiger partial charge >= 0.3 is 5.97 Å². The normalized spacial score (nSPS) is 49.7. The summed E-state index contributed by atoms with van der Waals surface area (Å²) in [7, 11) is -2.70. The van der Waals surface area contributed by atoms with Crippen LogP contribution in [0.15, 0.2) is 12.2 Å². The van der Waals surface area contributed by atoms with Gasteiger partial charge in [-0.3, -0.25) is 9.36 Å². The monoisotopic (exact) mass is 280 g/mol. The first kappa shape index (κ1) is 12.2. The molecule has 0 radical (unpaired) electrons. The van der Waals surface area contributed by atoms with E-state index in [1.807, 2.05) is 0 Å². The van der Waals surface area contributed by atoms with Crippen molar-refractivity contribution < 1.29 is 13.9 Å². The summed E-state index contributed by atoms with van der Waals surface area (Å²) in [6, 6.07) is 0. The Morgan fingerprint density at radius 3 is 2.47 bits per heavy atom. The molecule has 4 aliphatic carbocycles. The van der Waals surface area contributed by atoms with Crippen LogP contribution < -0.4 is 0 Å². The topological polar surface area (TPSA) is 43.4 Å². The van der Waals surface area contributed by atoms with Crippen molar-refractivity contribution >= 4 is 13.3 Å². The fourth-order valence-electron chi connectivity index (χ4n) is 5.57. The van der Waals surface area contributed by atoms with Crippen molar-refractivity contribution in [1.29, 1.82) is 0 Å². The zero-order valence-electron chi connectivity index (χ0n) is 11.5. The standard InChI is InChI=1S/C15H21O3P/c1-19(2,17)18-15(16)12-7-10-6-11(12)14-9-4-3-8(5-9)13(10)14/h3-4,8-14H,5-7H2,1-2H3. The van der Waals surface area contributed by atoms with E-state index in [0.717, 1.165) is 18.3 Å². The number of rotatable bonds is 2. The maximum absolute atomic E-state index is 12.2. The molecule has 4 bridgehead atoms. The molecule has 0 N–H and O–H groups in total. The number of hydrogen-bond donors (Lipinski definition) is 0. The second-order valence-corrected chi connectivity index (χ2v) is 9.95. The summed E-state index contributed by atoms with van der Waals surface area (Å²) in [5.74, 6) is 4.06. The second kappa shape index (κ2) is 3.75. The zero-order valence-corrected chi connectivity index (χ0v) is 12.4. The smallest absolute Gasteiger partial charge is 0.314 e. The van der Waals surface area contributed by atoms with Crippen LogP contribution in [-0.2, 0) is 13.9 Å². The summed E-state index contributed by atoms with van der Waals surface area (Å²) in [6.45, 7) is 3.06. The average molecular weight is 280 g/mol. The minimum atomic E-state index is -2.70. The lowest BCUT2D eigenvalue weighted by molar-refractivity contribution is -0.141. The molecule has 4 aliphatic rings. The fourth-order valence-corrected chi connectivity index (χ4v) is 6.14. The van der Waals surface area contributed by atoms with Crippen LogP contribution in [-0.4, -0.2) is 19.3 Å². The summed E-state index contributed by atoms with van der Waals surface area (Å²) in [6.07, 6.45) is 8.26. The first-order chi connectivity index (χ1) is 8.94. The van der Waals surface area contributed by atoms with Gasteiger partial charge in [-0.1, -0.05) is 12.2 Å². The molecule has 19 heavy (non-hydrogen) atoms. The highest BCUT2D eigenvalue weighted by Gasteiger charge is 2.62. The van der Waals surface area contributed by atoms with Crippen molar-refractivity contribution in [3.63, 3.8) is 0 Å². The Labute approximate surface area is 114 Å². The fraction of sp³-hybridized carbons (Fsp3) is 0.800. The Morgan fingerprint density at radius 2 is 1.79 bits per heavy atom. The molecule has 7 unspecified atom stereocenters. The summed E-state index contributed by atoms with van der Waals surface area (Å²) in [4.78, 5) is 12.2. The summed E-state index contributed by atoms with van der Waals surface area (Å²) >= 11 is 0. The number of hydrogen-bond acceptors (Lipinski definition) is 3. The van der Waals surface area contributed by atoms with Gasteiger partial charge in [0.25, 0.3) is 0 Å². The van der Waals surface area contributed by atoms with E-state index >= 15 is 0 Å². The molecule has 0 heterocycles. The van der Waals surface area contributed by atoms with Gasteiger partial charge in [-0.25, -0.2) is 0 Å². The second-order valence-electron chi connectivity index (χ2n) is 7.27. The van der Waals surface area contributed by atoms with E-state index in [1.165, 1.54) is 26.2 Å². The Bertz CT molecular complexity index is 506. The van der Waals surface area contributed by atoms with Crippen molar-refractivity contribution in [1.82, 2.24) is 0 Å². The van der Waals surface area contributed by atoms with Gasteiger partial charge in [0, 0.05) is 13.3 Å². The molecule has 104 valence electrons. The van der Waals surface area contributed by atoms with Gasteiger partial charge in [0.15, 0.2) is 0 Å². The van der Waals surface area contributed by atoms with Crippen LogP contribution in [0, 0.1) is 41.4 Å². The molecule has 0 aromatic rings. The summed E-state index contributed by atoms with van der Waals surface area (Å²) in [5, 5.41) is 0. The molecular weight excluding hydrogens is 259 g/mol. The highest BCUT2D eigenvalue weighted by atomic mass is 31.2. The lowest BCUT2D eigenvalue weighted by Crippen LogP contribution is -2.34. The molecule has 7 atom stereocenters. The van der Waals surface area contributed by atoms with Crippen molar-refractivity contribution in [3.8, 4) is 0 Å². The van der Waals surface area contributed by atoms with E-state index in [1.54, 1.807) is 0 Å². The minimum Gasteiger partial charge on any atom is -0.412 e. The Balaban J connectivity index is 1.55. The molecule has 3 fully saturated rings. The van der Waals surface area contributed by atoms with Gasteiger partial charge < -0.3 is 4.52 Å². The maximum Gasteiger partial charge on any atom is 0.314 e. The van der Waals surface area contributed by atoms with Crippen LogP contribution in [0.1, 0.15) is 19.3 Å². The molecule has 3 saturated carbocycles. The van der Waals surface area contributed by atoms with E-state index in [4.69, 9.17) is 4.52 Å². The lowest BCUT2D eigenvalue weighted by Gasteiger charge is -2.35. The minimum absolute atomic E-state index is 0.0206. The average Bonchev–Trinajstić information content (AvgIpc) is 3.04. The van der Waals surface area contributed by atoms with Gasteiger partial charge in [-0.15, -0.1) is 0 Å². The van der Waals surface area contributed by atoms with Crippen molar-refractivity contribution in [2.75, 3.05) is 13.3 Å². The van der Waals surface area contributed by atoms with Gasteiger partial charge in [-0.2, -0.15) is 0 Å². The van der Waals surface area contributed by atoms with Gasteiger partial charge in [-0.05, 0) is 54.8 Å².